The van der Waals surface area contributed by atoms with E-state index in [2.05, 4.69) is 0 Å². The van der Waals surface area contributed by atoms with Crippen LogP contribution in [-0.4, -0.2) is 0 Å². The maximum Gasteiger partial charge on any atom is 2.00 e. The molecule has 0 heterocycles. The van der Waals surface area contributed by atoms with Gasteiger partial charge in [-0.3, -0.25) is 9.41 Å². The van der Waals surface area contributed by atoms with Crippen LogP contribution in [0.4, 0.5) is 9.41 Å². The van der Waals surface area contributed by atoms with Gasteiger partial charge in [0, 0.05) is 0 Å². The minimum atomic E-state index is 0. The van der Waals surface area contributed by atoms with Gasteiger partial charge in [0.25, 0.3) is 0 Å². The van der Waals surface area contributed by atoms with Crippen molar-refractivity contribution < 1.29 is 35.6 Å². The van der Waals surface area contributed by atoms with Gasteiger partial charge in [-0.15, -0.1) is 0 Å². The van der Waals surface area contributed by atoms with Crippen LogP contribution >= 0.6 is 0 Å². The third-order valence-corrected chi connectivity index (χ3v) is 0. The first-order valence-electron chi connectivity index (χ1n) is 0. The van der Waals surface area contributed by atoms with Crippen LogP contribution in [-0.2, 0) is 26.2 Å². The van der Waals surface area contributed by atoms with E-state index in [9.17, 15) is 0 Å². The molecule has 0 aromatic heterocycles. The Morgan fingerprint density at radius 2 is 0.600 bits per heavy atom. The summed E-state index contributed by atoms with van der Waals surface area (Å²) in [5.41, 5.74) is 0. The molecule has 0 aliphatic heterocycles. The van der Waals surface area contributed by atoms with Crippen molar-refractivity contribution in [2.75, 3.05) is 0 Å². The first-order valence-corrected chi connectivity index (χ1v) is 0. The van der Waals surface area contributed by atoms with E-state index in [-0.39, 0.29) is 50.5 Å². The van der Waals surface area contributed by atoms with Crippen molar-refractivity contribution >= 4 is 0 Å². The number of halogens is 2. The van der Waals surface area contributed by atoms with Crippen LogP contribution in [0.25, 0.3) is 0 Å². The van der Waals surface area contributed by atoms with Crippen molar-refractivity contribution in [1.29, 1.82) is 0 Å². The number of rotatable bonds is 0. The zero-order chi connectivity index (χ0) is 0. The Morgan fingerprint density at radius 1 is 0.600 bits per heavy atom. The number of hydrogen-bond donors (Lipinski definition) is 0. The van der Waals surface area contributed by atoms with E-state index in [0.29, 0.717) is 0 Å². The maximum absolute atomic E-state index is 0. The molecule has 0 saturated heterocycles. The smallest absolute Gasteiger partial charge is 0.358 e. The molecule has 34 valence electrons. The summed E-state index contributed by atoms with van der Waals surface area (Å²) in [5.74, 6) is 0. The molecule has 0 N–H and O–H groups in total. The van der Waals surface area contributed by atoms with Gasteiger partial charge in [-0.25, -0.2) is 0 Å². The van der Waals surface area contributed by atoms with Crippen LogP contribution in [0.1, 0.15) is 0 Å². The molecule has 3 heteroatoms. The third kappa shape index (κ3) is 64.6. The molecule has 0 spiro atoms. The summed E-state index contributed by atoms with van der Waals surface area (Å²) in [5, 5.41) is 0. The second-order valence-corrected chi connectivity index (χ2v) is 0. The van der Waals surface area contributed by atoms with E-state index < -0.39 is 0 Å². The van der Waals surface area contributed by atoms with Gasteiger partial charge in [0.05, 0.1) is 0 Å². The molecular formula is C2H8F2Zr. The largest absolute Gasteiger partial charge is 2.00 e. The van der Waals surface area contributed by atoms with Crippen LogP contribution < -0.4 is 0 Å². The summed E-state index contributed by atoms with van der Waals surface area (Å²) in [6, 6.07) is 0. The van der Waals surface area contributed by atoms with Gasteiger partial charge in [0.1, 0.15) is 0 Å². The Labute approximate surface area is 50.8 Å². The Hall–Kier alpha value is 0.743. The van der Waals surface area contributed by atoms with Gasteiger partial charge >= 0.3 is 26.2 Å². The molecule has 0 aliphatic rings. The van der Waals surface area contributed by atoms with Crippen molar-refractivity contribution in [2.24, 2.45) is 0 Å². The maximum atomic E-state index is 0. The molecule has 0 aromatic rings. The minimum absolute atomic E-state index is 0. The van der Waals surface area contributed by atoms with E-state index in [4.69, 9.17) is 0 Å². The van der Waals surface area contributed by atoms with E-state index in [1.807, 2.05) is 0 Å². The molecule has 0 aromatic carbocycles. The van der Waals surface area contributed by atoms with Gasteiger partial charge in [-0.2, -0.15) is 0 Å². The standard InChI is InChI=1S/2CH3.2FH.Zr/h2*1H3;2*1H;/q2*-1;;;+2. The fourth-order valence-corrected chi connectivity index (χ4v) is 0. The Bertz CT molecular complexity index is 7.61. The first-order chi connectivity index (χ1) is 0. The van der Waals surface area contributed by atoms with Gasteiger partial charge in [-0.1, -0.05) is 0 Å². The van der Waals surface area contributed by atoms with Crippen LogP contribution in [0.2, 0.25) is 0 Å². The SMILES string of the molecule is F.F.[CH3-].[CH3-].[Zr+2]. The summed E-state index contributed by atoms with van der Waals surface area (Å²) in [4.78, 5) is 0. The Balaban J connectivity index is 0. The Kier molecular flexibility index (Phi) is 5630. The molecule has 0 bridgehead atoms. The van der Waals surface area contributed by atoms with Gasteiger partial charge in [-0.05, 0) is 0 Å². The van der Waals surface area contributed by atoms with Gasteiger partial charge in [0.15, 0.2) is 0 Å². The first kappa shape index (κ1) is 234. The average Bonchev–Trinajstić information content (AvgIpc) is 0. The molecule has 0 amide bonds. The summed E-state index contributed by atoms with van der Waals surface area (Å²) in [6.45, 7) is 0. The fourth-order valence-electron chi connectivity index (χ4n) is 0. The average molecular weight is 161 g/mol. The van der Waals surface area contributed by atoms with Crippen LogP contribution in [0.15, 0.2) is 0 Å². The van der Waals surface area contributed by atoms with Crippen LogP contribution in [0.5, 0.6) is 0 Å². The summed E-state index contributed by atoms with van der Waals surface area (Å²) in [7, 11) is 0. The predicted octanol–water partition coefficient (Wildman–Crippen LogP) is 1.20. The summed E-state index contributed by atoms with van der Waals surface area (Å²) < 4.78 is 0. The monoisotopic (exact) mass is 160 g/mol. The molecule has 0 aliphatic carbocycles. The summed E-state index contributed by atoms with van der Waals surface area (Å²) in [6.07, 6.45) is 0. The molecule has 0 nitrogen and oxygen atoms in total. The predicted molar refractivity (Wildman–Crippen MR) is 17.8 cm³/mol. The van der Waals surface area contributed by atoms with Gasteiger partial charge in [0.2, 0.25) is 0 Å². The molecule has 0 saturated carbocycles. The zero-order valence-corrected chi connectivity index (χ0v) is 5.77. The molecule has 0 unspecified atom stereocenters. The van der Waals surface area contributed by atoms with E-state index in [0.717, 1.165) is 0 Å². The number of hydrogen-bond acceptors (Lipinski definition) is 0. The molecule has 0 radical (unpaired) electrons. The molecule has 5 heavy (non-hydrogen) atoms. The molecular weight excluding hydrogens is 153 g/mol. The van der Waals surface area contributed by atoms with Crippen molar-refractivity contribution in [1.82, 2.24) is 0 Å². The third-order valence-electron chi connectivity index (χ3n) is 0. The Morgan fingerprint density at radius 3 is 0.600 bits per heavy atom. The quantitative estimate of drug-likeness (QED) is 0.468. The van der Waals surface area contributed by atoms with Gasteiger partial charge < -0.3 is 14.9 Å². The van der Waals surface area contributed by atoms with Crippen molar-refractivity contribution in [2.45, 2.75) is 0 Å². The summed E-state index contributed by atoms with van der Waals surface area (Å²) >= 11 is 0. The molecule has 0 rings (SSSR count). The van der Waals surface area contributed by atoms with Crippen molar-refractivity contribution in [3.63, 3.8) is 0 Å². The van der Waals surface area contributed by atoms with Crippen LogP contribution in [0, 0.1) is 14.9 Å². The second-order valence-electron chi connectivity index (χ2n) is 0. The van der Waals surface area contributed by atoms with E-state index in [1.54, 1.807) is 0 Å². The zero-order valence-electron chi connectivity index (χ0n) is 3.32. The second kappa shape index (κ2) is 120. The van der Waals surface area contributed by atoms with Crippen LogP contribution in [0.3, 0.4) is 0 Å². The normalized spacial score (nSPS) is 0. The van der Waals surface area contributed by atoms with Crippen molar-refractivity contribution in [3.8, 4) is 0 Å². The topological polar surface area (TPSA) is 0 Å². The van der Waals surface area contributed by atoms with Crippen molar-refractivity contribution in [3.05, 3.63) is 14.9 Å². The van der Waals surface area contributed by atoms with E-state index >= 15 is 0 Å². The molecule has 0 fully saturated rings. The fraction of sp³-hybridized carbons (Fsp3) is 0. The molecule has 0 atom stereocenters. The minimum Gasteiger partial charge on any atom is -0.358 e. The van der Waals surface area contributed by atoms with E-state index in [1.165, 1.54) is 0 Å².